The molecule has 0 aromatic carbocycles. The maximum absolute atomic E-state index is 5.65. The minimum atomic E-state index is 0.162. The molecule has 0 N–H and O–H groups in total. The molecule has 1 saturated heterocycles. The Morgan fingerprint density at radius 3 is 2.82 bits per heavy atom. The summed E-state index contributed by atoms with van der Waals surface area (Å²) in [5.41, 5.74) is 0. The van der Waals surface area contributed by atoms with Gasteiger partial charge < -0.3 is 4.74 Å². The van der Waals surface area contributed by atoms with E-state index in [0.717, 1.165) is 6.61 Å². The maximum atomic E-state index is 5.65. The van der Waals surface area contributed by atoms with Crippen molar-refractivity contribution in [3.63, 3.8) is 0 Å². The minimum absolute atomic E-state index is 0.162. The monoisotopic (exact) mass is 174 g/mol. The van der Waals surface area contributed by atoms with Gasteiger partial charge in [-0.05, 0) is 19.8 Å². The van der Waals surface area contributed by atoms with Crippen molar-refractivity contribution in [1.29, 1.82) is 0 Å². The Hall–Kier alpha value is 0.310. The molecule has 66 valence electrons. The molecule has 0 saturated carbocycles. The fraction of sp³-hybridized carbons (Fsp3) is 1.00. The van der Waals surface area contributed by atoms with Gasteiger partial charge in [0.2, 0.25) is 0 Å². The number of ether oxygens (including phenoxy) is 1. The zero-order valence-electron chi connectivity index (χ0n) is 7.56. The molecular weight excluding hydrogens is 156 g/mol. The molecule has 1 atom stereocenters. The number of rotatable bonds is 4. The van der Waals surface area contributed by atoms with E-state index in [1.54, 1.807) is 0 Å². The van der Waals surface area contributed by atoms with E-state index in [1.807, 2.05) is 11.8 Å². The summed E-state index contributed by atoms with van der Waals surface area (Å²) in [6.07, 6.45) is 5.20. The van der Waals surface area contributed by atoms with E-state index in [9.17, 15) is 0 Å². The summed E-state index contributed by atoms with van der Waals surface area (Å²) in [5.74, 6) is 1.18. The third-order valence-electron chi connectivity index (χ3n) is 2.13. The second kappa shape index (κ2) is 4.36. The van der Waals surface area contributed by atoms with E-state index in [1.165, 1.54) is 31.4 Å². The predicted molar refractivity (Wildman–Crippen MR) is 51.0 cm³/mol. The third kappa shape index (κ3) is 3.04. The third-order valence-corrected chi connectivity index (χ3v) is 3.44. The molecule has 1 unspecified atom stereocenters. The lowest BCUT2D eigenvalue weighted by atomic mass is 10.1. The molecule has 0 bridgehead atoms. The van der Waals surface area contributed by atoms with Crippen LogP contribution in [0.2, 0.25) is 0 Å². The molecule has 0 radical (unpaired) electrons. The summed E-state index contributed by atoms with van der Waals surface area (Å²) in [6, 6.07) is 0. The van der Waals surface area contributed by atoms with Gasteiger partial charge in [0.15, 0.2) is 0 Å². The summed E-state index contributed by atoms with van der Waals surface area (Å²) in [6.45, 7) is 5.42. The molecule has 1 rings (SSSR count). The fourth-order valence-electron chi connectivity index (χ4n) is 1.40. The van der Waals surface area contributed by atoms with Crippen molar-refractivity contribution in [3.8, 4) is 0 Å². The summed E-state index contributed by atoms with van der Waals surface area (Å²) in [7, 11) is 0. The van der Waals surface area contributed by atoms with Crippen LogP contribution in [0.5, 0.6) is 0 Å². The zero-order chi connectivity index (χ0) is 8.16. The first kappa shape index (κ1) is 9.40. The normalized spacial score (nSPS) is 31.1. The van der Waals surface area contributed by atoms with Crippen LogP contribution in [0.25, 0.3) is 0 Å². The van der Waals surface area contributed by atoms with Crippen LogP contribution >= 0.6 is 11.8 Å². The molecule has 1 heterocycles. The molecule has 1 fully saturated rings. The lowest BCUT2D eigenvalue weighted by Gasteiger charge is -2.21. The van der Waals surface area contributed by atoms with Crippen LogP contribution in [-0.2, 0) is 4.74 Å². The van der Waals surface area contributed by atoms with Gasteiger partial charge in [-0.3, -0.25) is 0 Å². The van der Waals surface area contributed by atoms with Crippen molar-refractivity contribution in [1.82, 2.24) is 0 Å². The van der Waals surface area contributed by atoms with E-state index in [2.05, 4.69) is 13.8 Å². The van der Waals surface area contributed by atoms with Gasteiger partial charge in [-0.15, -0.1) is 11.8 Å². The first-order chi connectivity index (χ1) is 5.27. The topological polar surface area (TPSA) is 9.23 Å². The van der Waals surface area contributed by atoms with Gasteiger partial charge in [0, 0.05) is 5.75 Å². The Morgan fingerprint density at radius 1 is 1.45 bits per heavy atom. The average Bonchev–Trinajstić information content (AvgIpc) is 2.38. The van der Waals surface area contributed by atoms with Crippen molar-refractivity contribution in [2.24, 2.45) is 0 Å². The molecule has 0 aromatic rings. The predicted octanol–water partition coefficient (Wildman–Crippen LogP) is 3.05. The van der Waals surface area contributed by atoms with E-state index in [0.29, 0.717) is 0 Å². The molecule has 0 amide bonds. The SMILES string of the molecule is CCCCCC1(C)OCCS1. The molecule has 11 heavy (non-hydrogen) atoms. The quantitative estimate of drug-likeness (QED) is 0.606. The van der Waals surface area contributed by atoms with Gasteiger partial charge in [0.25, 0.3) is 0 Å². The Bertz CT molecular complexity index is 108. The maximum Gasteiger partial charge on any atom is 0.111 e. The standard InChI is InChI=1S/C9H18OS/c1-3-4-5-6-9(2)10-7-8-11-9/h3-8H2,1-2H3. The van der Waals surface area contributed by atoms with Crippen molar-refractivity contribution in [2.45, 2.75) is 44.5 Å². The largest absolute Gasteiger partial charge is 0.364 e. The first-order valence-electron chi connectivity index (χ1n) is 4.55. The molecule has 1 aliphatic rings. The molecule has 1 aliphatic heterocycles. The lowest BCUT2D eigenvalue weighted by Crippen LogP contribution is -2.18. The number of hydrogen-bond acceptors (Lipinski definition) is 2. The van der Waals surface area contributed by atoms with Gasteiger partial charge in [-0.1, -0.05) is 19.8 Å². The average molecular weight is 174 g/mol. The number of unbranched alkanes of at least 4 members (excludes halogenated alkanes) is 2. The second-order valence-electron chi connectivity index (χ2n) is 3.29. The van der Waals surface area contributed by atoms with Crippen LogP contribution in [0.1, 0.15) is 39.5 Å². The number of hydrogen-bond donors (Lipinski definition) is 0. The van der Waals surface area contributed by atoms with Gasteiger partial charge in [-0.2, -0.15) is 0 Å². The van der Waals surface area contributed by atoms with E-state index >= 15 is 0 Å². The summed E-state index contributed by atoms with van der Waals surface area (Å²) >= 11 is 1.97. The highest BCUT2D eigenvalue weighted by Crippen LogP contribution is 2.36. The second-order valence-corrected chi connectivity index (χ2v) is 4.85. The van der Waals surface area contributed by atoms with E-state index < -0.39 is 0 Å². The van der Waals surface area contributed by atoms with Gasteiger partial charge in [0.05, 0.1) is 6.61 Å². The van der Waals surface area contributed by atoms with Crippen LogP contribution in [0.3, 0.4) is 0 Å². The van der Waals surface area contributed by atoms with Crippen LogP contribution < -0.4 is 0 Å². The van der Waals surface area contributed by atoms with Crippen molar-refractivity contribution < 1.29 is 4.74 Å². The molecule has 0 spiro atoms. The fourth-order valence-corrected chi connectivity index (χ4v) is 2.45. The Labute approximate surface area is 73.9 Å². The Kier molecular flexibility index (Phi) is 3.73. The van der Waals surface area contributed by atoms with E-state index in [4.69, 9.17) is 4.74 Å². The van der Waals surface area contributed by atoms with Gasteiger partial charge in [-0.25, -0.2) is 0 Å². The summed E-state index contributed by atoms with van der Waals surface area (Å²) in [5, 5.41) is 0. The van der Waals surface area contributed by atoms with Crippen LogP contribution in [-0.4, -0.2) is 17.3 Å². The number of thioether (sulfide) groups is 1. The van der Waals surface area contributed by atoms with Gasteiger partial charge >= 0.3 is 0 Å². The van der Waals surface area contributed by atoms with Gasteiger partial charge in [0.1, 0.15) is 4.93 Å². The van der Waals surface area contributed by atoms with Crippen LogP contribution in [0.15, 0.2) is 0 Å². The highest BCUT2D eigenvalue weighted by Gasteiger charge is 2.29. The van der Waals surface area contributed by atoms with Crippen molar-refractivity contribution in [2.75, 3.05) is 12.4 Å². The Morgan fingerprint density at radius 2 is 2.27 bits per heavy atom. The molecule has 1 nitrogen and oxygen atoms in total. The minimum Gasteiger partial charge on any atom is -0.364 e. The lowest BCUT2D eigenvalue weighted by molar-refractivity contribution is 0.0576. The first-order valence-corrected chi connectivity index (χ1v) is 5.53. The zero-order valence-corrected chi connectivity index (χ0v) is 8.38. The Balaban J connectivity index is 2.13. The molecule has 0 aliphatic carbocycles. The molecular formula is C9H18OS. The molecule has 2 heteroatoms. The van der Waals surface area contributed by atoms with E-state index in [-0.39, 0.29) is 4.93 Å². The summed E-state index contributed by atoms with van der Waals surface area (Å²) < 4.78 is 5.65. The van der Waals surface area contributed by atoms with Crippen LogP contribution in [0, 0.1) is 0 Å². The van der Waals surface area contributed by atoms with Crippen LogP contribution in [0.4, 0.5) is 0 Å². The smallest absolute Gasteiger partial charge is 0.111 e. The highest BCUT2D eigenvalue weighted by atomic mass is 32.2. The highest BCUT2D eigenvalue weighted by molar-refractivity contribution is 8.00. The summed E-state index contributed by atoms with van der Waals surface area (Å²) in [4.78, 5) is 0.162. The van der Waals surface area contributed by atoms with Crippen molar-refractivity contribution in [3.05, 3.63) is 0 Å². The molecule has 0 aromatic heterocycles. The van der Waals surface area contributed by atoms with Crippen molar-refractivity contribution >= 4 is 11.8 Å².